The summed E-state index contributed by atoms with van der Waals surface area (Å²) in [4.78, 5) is 26.7. The molecule has 1 aromatic heterocycles. The SMILES string of the molecule is Cc1cc(CNC(=O)N2CCC3(CC2)CC(=O)c2cc(F)ccc2C3)n[nH]1. The number of Topliss-reactive ketones (excluding diaryl/α,β-unsaturated/α-hetero) is 1. The number of aromatic amines is 1. The highest BCUT2D eigenvalue weighted by atomic mass is 19.1. The van der Waals surface area contributed by atoms with Crippen molar-refractivity contribution in [3.05, 3.63) is 52.6 Å². The zero-order valence-corrected chi connectivity index (χ0v) is 15.3. The number of carbonyl (C=O) groups excluding carboxylic acids is 2. The normalized spacial score (nSPS) is 18.4. The maximum absolute atomic E-state index is 13.4. The van der Waals surface area contributed by atoms with Gasteiger partial charge in [-0.25, -0.2) is 9.18 Å². The Morgan fingerprint density at radius 1 is 1.30 bits per heavy atom. The Bertz CT molecular complexity index is 884. The molecule has 0 unspecified atom stereocenters. The largest absolute Gasteiger partial charge is 0.332 e. The van der Waals surface area contributed by atoms with Gasteiger partial charge < -0.3 is 10.2 Å². The minimum atomic E-state index is -0.364. The standard InChI is InChI=1S/C20H23FN4O2/c1-13-8-16(24-23-13)12-22-19(27)25-6-4-20(5-7-25)10-14-2-3-15(21)9-17(14)18(26)11-20/h2-3,8-9H,4-7,10-12H2,1H3,(H,22,27)(H,23,24). The number of piperidine rings is 1. The van der Waals surface area contributed by atoms with E-state index in [0.717, 1.165) is 36.2 Å². The van der Waals surface area contributed by atoms with Gasteiger partial charge in [-0.1, -0.05) is 6.07 Å². The quantitative estimate of drug-likeness (QED) is 0.853. The molecule has 2 N–H and O–H groups in total. The minimum absolute atomic E-state index is 0.0163. The fourth-order valence-electron chi connectivity index (χ4n) is 4.25. The van der Waals surface area contributed by atoms with E-state index in [1.807, 2.05) is 13.0 Å². The third-order valence-electron chi connectivity index (χ3n) is 5.76. The number of likely N-dealkylation sites (tertiary alicyclic amines) is 1. The van der Waals surface area contributed by atoms with Crippen molar-refractivity contribution in [2.45, 2.75) is 39.2 Å². The third-order valence-corrected chi connectivity index (χ3v) is 5.76. The first kappa shape index (κ1) is 17.7. The van der Waals surface area contributed by atoms with Crippen LogP contribution in [0.5, 0.6) is 0 Å². The number of urea groups is 1. The maximum Gasteiger partial charge on any atom is 0.317 e. The second-order valence-corrected chi connectivity index (χ2v) is 7.77. The second-order valence-electron chi connectivity index (χ2n) is 7.77. The lowest BCUT2D eigenvalue weighted by Gasteiger charge is -2.44. The van der Waals surface area contributed by atoms with E-state index in [1.54, 1.807) is 11.0 Å². The van der Waals surface area contributed by atoms with Gasteiger partial charge in [-0.15, -0.1) is 0 Å². The first-order valence-electron chi connectivity index (χ1n) is 9.29. The zero-order valence-electron chi connectivity index (χ0n) is 15.3. The maximum atomic E-state index is 13.4. The Hall–Kier alpha value is -2.70. The summed E-state index contributed by atoms with van der Waals surface area (Å²) in [5.74, 6) is -0.348. The van der Waals surface area contributed by atoms with Crippen LogP contribution in [0, 0.1) is 18.2 Å². The second kappa shape index (κ2) is 6.79. The van der Waals surface area contributed by atoms with E-state index in [-0.39, 0.29) is 23.0 Å². The number of aromatic nitrogens is 2. The number of halogens is 1. The highest BCUT2D eigenvalue weighted by Crippen LogP contribution is 2.43. The van der Waals surface area contributed by atoms with Crippen LogP contribution in [0.15, 0.2) is 24.3 Å². The predicted octanol–water partition coefficient (Wildman–Crippen LogP) is 2.98. The van der Waals surface area contributed by atoms with Crippen molar-refractivity contribution in [2.24, 2.45) is 5.41 Å². The number of rotatable bonds is 2. The first-order valence-corrected chi connectivity index (χ1v) is 9.29. The van der Waals surface area contributed by atoms with Crippen LogP contribution in [0.2, 0.25) is 0 Å². The summed E-state index contributed by atoms with van der Waals surface area (Å²) in [6.07, 6.45) is 2.77. The van der Waals surface area contributed by atoms with Gasteiger partial charge in [0.05, 0.1) is 12.2 Å². The molecule has 1 spiro atoms. The van der Waals surface area contributed by atoms with Crippen molar-refractivity contribution >= 4 is 11.8 Å². The lowest BCUT2D eigenvalue weighted by molar-refractivity contribution is 0.0735. The van der Waals surface area contributed by atoms with Crippen LogP contribution in [0.3, 0.4) is 0 Å². The van der Waals surface area contributed by atoms with Gasteiger partial charge in [-0.05, 0) is 55.4 Å². The van der Waals surface area contributed by atoms with E-state index >= 15 is 0 Å². The average Bonchev–Trinajstić information content (AvgIpc) is 3.06. The molecule has 1 aliphatic carbocycles. The van der Waals surface area contributed by atoms with Crippen molar-refractivity contribution in [2.75, 3.05) is 13.1 Å². The Labute approximate surface area is 157 Å². The molecule has 1 aliphatic heterocycles. The Morgan fingerprint density at radius 2 is 2.07 bits per heavy atom. The Kier molecular flexibility index (Phi) is 4.45. The Morgan fingerprint density at radius 3 is 2.78 bits per heavy atom. The summed E-state index contributed by atoms with van der Waals surface area (Å²) < 4.78 is 13.4. The monoisotopic (exact) mass is 370 g/mol. The molecule has 2 amide bonds. The lowest BCUT2D eigenvalue weighted by atomic mass is 9.66. The molecule has 2 aliphatic rings. The number of nitrogens with zero attached hydrogens (tertiary/aromatic N) is 2. The summed E-state index contributed by atoms with van der Waals surface area (Å²) >= 11 is 0. The van der Waals surface area contributed by atoms with E-state index in [1.165, 1.54) is 12.1 Å². The number of amides is 2. The van der Waals surface area contributed by atoms with Gasteiger partial charge in [-0.2, -0.15) is 5.10 Å². The van der Waals surface area contributed by atoms with Crippen molar-refractivity contribution in [1.82, 2.24) is 20.4 Å². The van der Waals surface area contributed by atoms with Gasteiger partial charge in [0.15, 0.2) is 5.78 Å². The molecule has 2 heterocycles. The summed E-state index contributed by atoms with van der Waals surface area (Å²) in [5.41, 5.74) is 3.10. The fraction of sp³-hybridized carbons (Fsp3) is 0.450. The van der Waals surface area contributed by atoms with Crippen LogP contribution in [0.1, 0.15) is 46.6 Å². The van der Waals surface area contributed by atoms with Gasteiger partial charge in [0, 0.05) is 30.8 Å². The first-order chi connectivity index (χ1) is 12.9. The highest BCUT2D eigenvalue weighted by Gasteiger charge is 2.41. The molecule has 0 saturated carbocycles. The number of aryl methyl sites for hydroxylation is 1. The number of hydrogen-bond acceptors (Lipinski definition) is 3. The van der Waals surface area contributed by atoms with E-state index in [4.69, 9.17) is 0 Å². The molecule has 6 nitrogen and oxygen atoms in total. The fourth-order valence-corrected chi connectivity index (χ4v) is 4.25. The minimum Gasteiger partial charge on any atom is -0.332 e. The number of ketones is 1. The van der Waals surface area contributed by atoms with Gasteiger partial charge in [0.2, 0.25) is 0 Å². The molecule has 4 rings (SSSR count). The number of hydrogen-bond donors (Lipinski definition) is 2. The third kappa shape index (κ3) is 3.59. The summed E-state index contributed by atoms with van der Waals surface area (Å²) in [6.45, 7) is 3.55. The molecular weight excluding hydrogens is 347 g/mol. The highest BCUT2D eigenvalue weighted by molar-refractivity contribution is 5.99. The molecule has 1 fully saturated rings. The molecule has 0 radical (unpaired) electrons. The number of nitrogens with one attached hydrogen (secondary N) is 2. The summed E-state index contributed by atoms with van der Waals surface area (Å²) in [5, 5.41) is 9.87. The Balaban J connectivity index is 1.36. The van der Waals surface area contributed by atoms with Crippen LogP contribution < -0.4 is 5.32 Å². The number of benzene rings is 1. The zero-order chi connectivity index (χ0) is 19.0. The molecule has 27 heavy (non-hydrogen) atoms. The summed E-state index contributed by atoms with van der Waals surface area (Å²) in [7, 11) is 0. The average molecular weight is 370 g/mol. The number of fused-ring (bicyclic) bond motifs is 1. The smallest absolute Gasteiger partial charge is 0.317 e. The number of H-pyrrole nitrogens is 1. The molecule has 7 heteroatoms. The molecule has 1 aromatic carbocycles. The predicted molar refractivity (Wildman–Crippen MR) is 97.9 cm³/mol. The molecular formula is C20H23FN4O2. The van der Waals surface area contributed by atoms with Crippen molar-refractivity contribution in [3.63, 3.8) is 0 Å². The van der Waals surface area contributed by atoms with Crippen molar-refractivity contribution in [1.29, 1.82) is 0 Å². The van der Waals surface area contributed by atoms with Crippen LogP contribution in [-0.4, -0.2) is 40.0 Å². The van der Waals surface area contributed by atoms with Gasteiger partial charge >= 0.3 is 6.03 Å². The van der Waals surface area contributed by atoms with E-state index in [0.29, 0.717) is 31.6 Å². The molecule has 1 saturated heterocycles. The van der Waals surface area contributed by atoms with Crippen LogP contribution in [0.4, 0.5) is 9.18 Å². The topological polar surface area (TPSA) is 78.1 Å². The van der Waals surface area contributed by atoms with E-state index in [2.05, 4.69) is 15.5 Å². The lowest BCUT2D eigenvalue weighted by Crippen LogP contribution is -2.49. The molecule has 0 bridgehead atoms. The van der Waals surface area contributed by atoms with Crippen LogP contribution in [0.25, 0.3) is 0 Å². The summed E-state index contributed by atoms with van der Waals surface area (Å²) in [6, 6.07) is 6.30. The van der Waals surface area contributed by atoms with Gasteiger partial charge in [0.25, 0.3) is 0 Å². The van der Waals surface area contributed by atoms with Crippen molar-refractivity contribution < 1.29 is 14.0 Å². The molecule has 0 atom stereocenters. The van der Waals surface area contributed by atoms with Gasteiger partial charge in [0.1, 0.15) is 5.82 Å². The van der Waals surface area contributed by atoms with E-state index < -0.39 is 0 Å². The van der Waals surface area contributed by atoms with Crippen LogP contribution in [-0.2, 0) is 13.0 Å². The van der Waals surface area contributed by atoms with E-state index in [9.17, 15) is 14.0 Å². The van der Waals surface area contributed by atoms with Crippen molar-refractivity contribution in [3.8, 4) is 0 Å². The van der Waals surface area contributed by atoms with Gasteiger partial charge in [-0.3, -0.25) is 9.89 Å². The van der Waals surface area contributed by atoms with Crippen LogP contribution >= 0.6 is 0 Å². The molecule has 142 valence electrons. The molecule has 2 aromatic rings. The number of carbonyl (C=O) groups is 2.